The molecule has 0 radical (unpaired) electrons. The highest BCUT2D eigenvalue weighted by molar-refractivity contribution is 5.86. The first kappa shape index (κ1) is 16.0. The van der Waals surface area contributed by atoms with Gasteiger partial charge in [-0.2, -0.15) is 0 Å². The molecule has 0 bridgehead atoms. The minimum absolute atomic E-state index is 0.0548. The third kappa shape index (κ3) is 2.56. The van der Waals surface area contributed by atoms with Gasteiger partial charge in [0.1, 0.15) is 11.6 Å². The quantitative estimate of drug-likeness (QED) is 0.743. The number of nitrogens with two attached hydrogens (primary N) is 1. The van der Waals surface area contributed by atoms with Crippen molar-refractivity contribution >= 4 is 11.0 Å². The van der Waals surface area contributed by atoms with E-state index in [4.69, 9.17) is 20.0 Å². The molecule has 2 aromatic heterocycles. The van der Waals surface area contributed by atoms with Crippen LogP contribution in [0.2, 0.25) is 0 Å². The molecule has 26 heavy (non-hydrogen) atoms. The van der Waals surface area contributed by atoms with Crippen LogP contribution in [0.1, 0.15) is 60.5 Å². The van der Waals surface area contributed by atoms with Gasteiger partial charge in [0.15, 0.2) is 0 Å². The summed E-state index contributed by atoms with van der Waals surface area (Å²) in [7, 11) is 0. The van der Waals surface area contributed by atoms with Gasteiger partial charge in [0.05, 0.1) is 28.9 Å². The lowest BCUT2D eigenvalue weighted by molar-refractivity contribution is 0.0904. The van der Waals surface area contributed by atoms with Crippen LogP contribution in [0, 0.1) is 13.8 Å². The van der Waals surface area contributed by atoms with Crippen molar-refractivity contribution in [2.75, 3.05) is 6.61 Å². The molecule has 3 heterocycles. The van der Waals surface area contributed by atoms with E-state index >= 15 is 0 Å². The molecular formula is C20H24N4O2. The molecule has 136 valence electrons. The van der Waals surface area contributed by atoms with Crippen molar-refractivity contribution in [1.29, 1.82) is 0 Å². The Morgan fingerprint density at radius 1 is 1.23 bits per heavy atom. The van der Waals surface area contributed by atoms with E-state index in [1.807, 2.05) is 13.8 Å². The fourth-order valence-corrected chi connectivity index (χ4v) is 4.09. The number of aromatic amines is 1. The summed E-state index contributed by atoms with van der Waals surface area (Å²) in [6.45, 7) is 4.71. The second kappa shape index (κ2) is 5.93. The highest BCUT2D eigenvalue weighted by Crippen LogP contribution is 2.41. The number of fused-ring (bicyclic) bond motifs is 1. The summed E-state index contributed by atoms with van der Waals surface area (Å²) in [6, 6.07) is 4.11. The van der Waals surface area contributed by atoms with Crippen LogP contribution in [-0.4, -0.2) is 27.8 Å². The monoisotopic (exact) mass is 352 g/mol. The van der Waals surface area contributed by atoms with E-state index in [1.54, 1.807) is 0 Å². The first-order valence-corrected chi connectivity index (χ1v) is 9.46. The lowest BCUT2D eigenvalue weighted by Crippen LogP contribution is -2.25. The second-order valence-corrected chi connectivity index (χ2v) is 7.63. The molecule has 2 atom stereocenters. The molecule has 0 amide bonds. The number of ether oxygens (including phenoxy) is 1. The number of aromatic nitrogens is 3. The Morgan fingerprint density at radius 2 is 2.08 bits per heavy atom. The van der Waals surface area contributed by atoms with Crippen molar-refractivity contribution in [2.24, 2.45) is 5.73 Å². The average molecular weight is 352 g/mol. The van der Waals surface area contributed by atoms with Crippen LogP contribution in [0.3, 0.4) is 0 Å². The maximum Gasteiger partial charge on any atom is 0.141 e. The number of nitrogens with one attached hydrogen (secondary N) is 1. The van der Waals surface area contributed by atoms with Gasteiger partial charge in [-0.3, -0.25) is 0 Å². The fourth-order valence-electron chi connectivity index (χ4n) is 4.09. The molecule has 1 saturated carbocycles. The van der Waals surface area contributed by atoms with Gasteiger partial charge in [-0.05, 0) is 62.8 Å². The van der Waals surface area contributed by atoms with Crippen LogP contribution >= 0.6 is 0 Å². The minimum Gasteiger partial charge on any atom is -0.376 e. The van der Waals surface area contributed by atoms with E-state index in [0.717, 1.165) is 64.5 Å². The van der Waals surface area contributed by atoms with Crippen LogP contribution in [0.15, 0.2) is 16.7 Å². The molecule has 1 saturated heterocycles. The molecule has 3 N–H and O–H groups in total. The summed E-state index contributed by atoms with van der Waals surface area (Å²) in [4.78, 5) is 8.43. The van der Waals surface area contributed by atoms with Crippen LogP contribution in [0.4, 0.5) is 0 Å². The Kier molecular flexibility index (Phi) is 3.65. The zero-order valence-electron chi connectivity index (χ0n) is 15.2. The molecular weight excluding hydrogens is 328 g/mol. The Balaban J connectivity index is 1.69. The largest absolute Gasteiger partial charge is 0.376 e. The van der Waals surface area contributed by atoms with Crippen molar-refractivity contribution in [3.63, 3.8) is 0 Å². The second-order valence-electron chi connectivity index (χ2n) is 7.63. The minimum atomic E-state index is -0.184. The van der Waals surface area contributed by atoms with Gasteiger partial charge in [-0.15, -0.1) is 0 Å². The number of imidazole rings is 1. The van der Waals surface area contributed by atoms with Gasteiger partial charge in [0, 0.05) is 18.1 Å². The Hall–Kier alpha value is -2.18. The van der Waals surface area contributed by atoms with Crippen molar-refractivity contribution in [3.05, 3.63) is 35.0 Å². The fraction of sp³-hybridized carbons (Fsp3) is 0.500. The number of nitrogens with zero attached hydrogens (tertiary/aromatic N) is 2. The highest BCUT2D eigenvalue weighted by atomic mass is 16.5. The SMILES string of the molecule is Cc1noc(C)c1-c1cc([C@@H](N)[C@@H]2CCCO2)c2nc(C3CC3)[nH]c2c1. The first-order chi connectivity index (χ1) is 12.6. The zero-order chi connectivity index (χ0) is 17.8. The van der Waals surface area contributed by atoms with Gasteiger partial charge in [-0.25, -0.2) is 4.98 Å². The van der Waals surface area contributed by atoms with Gasteiger partial charge >= 0.3 is 0 Å². The predicted molar refractivity (Wildman–Crippen MR) is 98.9 cm³/mol. The molecule has 3 aromatic rings. The molecule has 2 fully saturated rings. The van der Waals surface area contributed by atoms with E-state index in [2.05, 4.69) is 22.3 Å². The van der Waals surface area contributed by atoms with Crippen LogP contribution in [0.25, 0.3) is 22.2 Å². The van der Waals surface area contributed by atoms with Crippen molar-refractivity contribution in [2.45, 2.75) is 57.6 Å². The van der Waals surface area contributed by atoms with Crippen LogP contribution in [0.5, 0.6) is 0 Å². The molecule has 1 aliphatic carbocycles. The normalized spacial score (nSPS) is 21.6. The molecule has 6 nitrogen and oxygen atoms in total. The molecule has 1 aliphatic heterocycles. The standard InChI is InChI=1S/C20H24N4O2/c1-10-17(11(2)26-24-10)13-8-14(18(21)16-4-3-7-25-16)19-15(9-13)22-20(23-19)12-5-6-12/h8-9,12,16,18H,3-7,21H2,1-2H3,(H,22,23)/t16-,18+/m0/s1. The highest BCUT2D eigenvalue weighted by Gasteiger charge is 2.30. The molecule has 0 spiro atoms. The molecule has 2 aliphatic rings. The number of hydrogen-bond acceptors (Lipinski definition) is 5. The van der Waals surface area contributed by atoms with E-state index in [-0.39, 0.29) is 12.1 Å². The van der Waals surface area contributed by atoms with Crippen molar-refractivity contribution in [1.82, 2.24) is 15.1 Å². The summed E-state index contributed by atoms with van der Waals surface area (Å²) >= 11 is 0. The summed E-state index contributed by atoms with van der Waals surface area (Å²) < 4.78 is 11.3. The summed E-state index contributed by atoms with van der Waals surface area (Å²) in [5.41, 5.74) is 12.7. The van der Waals surface area contributed by atoms with E-state index in [9.17, 15) is 0 Å². The van der Waals surface area contributed by atoms with E-state index in [0.29, 0.717) is 5.92 Å². The van der Waals surface area contributed by atoms with Gasteiger partial charge in [0.2, 0.25) is 0 Å². The molecule has 0 unspecified atom stereocenters. The van der Waals surface area contributed by atoms with E-state index in [1.165, 1.54) is 12.8 Å². The lowest BCUT2D eigenvalue weighted by Gasteiger charge is -2.20. The predicted octanol–water partition coefficient (Wildman–Crippen LogP) is 3.89. The Bertz CT molecular complexity index is 944. The smallest absolute Gasteiger partial charge is 0.141 e. The molecule has 1 aromatic carbocycles. The zero-order valence-corrected chi connectivity index (χ0v) is 15.2. The molecule has 5 rings (SSSR count). The Morgan fingerprint density at radius 3 is 2.73 bits per heavy atom. The molecule has 6 heteroatoms. The average Bonchev–Trinajstić information content (AvgIpc) is 3.04. The maximum absolute atomic E-state index is 6.65. The topological polar surface area (TPSA) is 90.0 Å². The maximum atomic E-state index is 6.65. The van der Waals surface area contributed by atoms with Crippen molar-refractivity contribution in [3.8, 4) is 11.1 Å². The third-order valence-corrected chi connectivity index (χ3v) is 5.65. The van der Waals surface area contributed by atoms with E-state index < -0.39 is 0 Å². The summed E-state index contributed by atoms with van der Waals surface area (Å²) in [5.74, 6) is 2.47. The lowest BCUT2D eigenvalue weighted by atomic mass is 9.94. The van der Waals surface area contributed by atoms with Crippen LogP contribution < -0.4 is 5.73 Å². The van der Waals surface area contributed by atoms with Crippen LogP contribution in [-0.2, 0) is 4.74 Å². The number of hydrogen-bond donors (Lipinski definition) is 2. The number of aryl methyl sites for hydroxylation is 2. The summed E-state index contributed by atoms with van der Waals surface area (Å²) in [6.07, 6.45) is 4.55. The summed E-state index contributed by atoms with van der Waals surface area (Å²) in [5, 5.41) is 4.11. The Labute approximate surface area is 152 Å². The number of benzene rings is 1. The van der Waals surface area contributed by atoms with Gasteiger partial charge in [-0.1, -0.05) is 5.16 Å². The first-order valence-electron chi connectivity index (χ1n) is 9.46. The van der Waals surface area contributed by atoms with Gasteiger partial charge < -0.3 is 20.0 Å². The van der Waals surface area contributed by atoms with Gasteiger partial charge in [0.25, 0.3) is 0 Å². The van der Waals surface area contributed by atoms with Crippen molar-refractivity contribution < 1.29 is 9.26 Å². The third-order valence-electron chi connectivity index (χ3n) is 5.65. The number of H-pyrrole nitrogens is 1. The number of rotatable bonds is 4.